The fourth-order valence-electron chi connectivity index (χ4n) is 2.78. The standard InChI is InChI=1S/C20H39N5O6S/c1-4-12(2)16(22)19(29)24-13(7-5-6-9-21)17(27)23-14(8-10-32-3)18(28)25-15(11-26)20(30)31/h12-16,26H,4-11,21-22H2,1-3H3,(H,23,27)(H,24,29)(H,25,28)(H,30,31). The van der Waals surface area contributed by atoms with Gasteiger partial charge in [-0.2, -0.15) is 11.8 Å². The van der Waals surface area contributed by atoms with Gasteiger partial charge in [-0.3, -0.25) is 14.4 Å². The number of carbonyl (C=O) groups excluding carboxylic acids is 3. The van der Waals surface area contributed by atoms with E-state index in [9.17, 15) is 19.2 Å². The summed E-state index contributed by atoms with van der Waals surface area (Å²) < 4.78 is 0. The van der Waals surface area contributed by atoms with E-state index in [1.165, 1.54) is 11.8 Å². The Kier molecular flexibility index (Phi) is 15.7. The van der Waals surface area contributed by atoms with E-state index in [1.54, 1.807) is 0 Å². The van der Waals surface area contributed by atoms with Crippen LogP contribution in [0.5, 0.6) is 0 Å². The third kappa shape index (κ3) is 11.1. The third-order valence-electron chi connectivity index (χ3n) is 5.18. The molecule has 0 aromatic rings. The largest absolute Gasteiger partial charge is 0.480 e. The first kappa shape index (κ1) is 30.1. The summed E-state index contributed by atoms with van der Waals surface area (Å²) in [6.45, 7) is 3.41. The van der Waals surface area contributed by atoms with Crippen molar-refractivity contribution in [2.75, 3.05) is 25.2 Å². The van der Waals surface area contributed by atoms with Gasteiger partial charge in [0.05, 0.1) is 12.6 Å². The normalized spacial score (nSPS) is 15.7. The molecule has 0 fully saturated rings. The van der Waals surface area contributed by atoms with Crippen LogP contribution < -0.4 is 27.4 Å². The van der Waals surface area contributed by atoms with E-state index in [4.69, 9.17) is 21.7 Å². The molecule has 0 aromatic carbocycles. The van der Waals surface area contributed by atoms with E-state index in [0.29, 0.717) is 38.0 Å². The average molecular weight is 478 g/mol. The summed E-state index contributed by atoms with van der Waals surface area (Å²) in [7, 11) is 0. The number of nitrogens with one attached hydrogen (secondary N) is 3. The van der Waals surface area contributed by atoms with Crippen LogP contribution in [0.4, 0.5) is 0 Å². The minimum atomic E-state index is -1.48. The number of amides is 3. The lowest BCUT2D eigenvalue weighted by Crippen LogP contribution is -2.58. The molecule has 0 saturated carbocycles. The van der Waals surface area contributed by atoms with Crippen LogP contribution in [0.1, 0.15) is 46.0 Å². The molecule has 9 N–H and O–H groups in total. The maximum Gasteiger partial charge on any atom is 0.328 e. The van der Waals surface area contributed by atoms with Crippen LogP contribution in [-0.4, -0.2) is 83.2 Å². The molecular weight excluding hydrogens is 438 g/mol. The summed E-state index contributed by atoms with van der Waals surface area (Å²) in [4.78, 5) is 49.2. The molecule has 186 valence electrons. The second-order valence-corrected chi connectivity index (χ2v) is 8.67. The number of unbranched alkanes of at least 4 members (excludes halogenated alkanes) is 1. The van der Waals surface area contributed by atoms with Gasteiger partial charge in [0, 0.05) is 0 Å². The van der Waals surface area contributed by atoms with Crippen molar-refractivity contribution in [3.05, 3.63) is 0 Å². The van der Waals surface area contributed by atoms with Crippen molar-refractivity contribution < 1.29 is 29.4 Å². The number of aliphatic hydroxyl groups is 1. The zero-order valence-electron chi connectivity index (χ0n) is 19.1. The van der Waals surface area contributed by atoms with E-state index in [0.717, 1.165) is 0 Å². The van der Waals surface area contributed by atoms with E-state index < -0.39 is 54.5 Å². The number of carbonyl (C=O) groups is 4. The number of aliphatic hydroxyl groups excluding tert-OH is 1. The van der Waals surface area contributed by atoms with Gasteiger partial charge < -0.3 is 37.6 Å². The number of nitrogens with two attached hydrogens (primary N) is 2. The zero-order chi connectivity index (χ0) is 24.7. The molecule has 5 unspecified atom stereocenters. The molecular formula is C20H39N5O6S. The van der Waals surface area contributed by atoms with Gasteiger partial charge in [0.2, 0.25) is 17.7 Å². The molecule has 12 heteroatoms. The minimum Gasteiger partial charge on any atom is -0.480 e. The fourth-order valence-corrected chi connectivity index (χ4v) is 3.25. The average Bonchev–Trinajstić information content (AvgIpc) is 2.77. The molecule has 0 spiro atoms. The van der Waals surface area contributed by atoms with Crippen LogP contribution in [0.3, 0.4) is 0 Å². The Morgan fingerprint density at radius 3 is 1.94 bits per heavy atom. The monoisotopic (exact) mass is 477 g/mol. The highest BCUT2D eigenvalue weighted by molar-refractivity contribution is 7.98. The number of aliphatic carboxylic acids is 1. The molecule has 0 aromatic heterocycles. The molecule has 0 rings (SSSR count). The van der Waals surface area contributed by atoms with Crippen LogP contribution in [0, 0.1) is 5.92 Å². The topological polar surface area (TPSA) is 197 Å². The zero-order valence-corrected chi connectivity index (χ0v) is 20.0. The van der Waals surface area contributed by atoms with Crippen molar-refractivity contribution >= 4 is 35.5 Å². The predicted octanol–water partition coefficient (Wildman–Crippen LogP) is -1.23. The van der Waals surface area contributed by atoms with Gasteiger partial charge >= 0.3 is 5.97 Å². The van der Waals surface area contributed by atoms with Gasteiger partial charge in [-0.1, -0.05) is 20.3 Å². The number of hydrogen-bond donors (Lipinski definition) is 7. The summed E-state index contributed by atoms with van der Waals surface area (Å²) in [5, 5.41) is 25.7. The summed E-state index contributed by atoms with van der Waals surface area (Å²) >= 11 is 1.45. The van der Waals surface area contributed by atoms with E-state index in [1.807, 2.05) is 20.1 Å². The lowest BCUT2D eigenvalue weighted by Gasteiger charge is -2.26. The number of rotatable bonds is 17. The Morgan fingerprint density at radius 2 is 1.47 bits per heavy atom. The Bertz CT molecular complexity index is 609. The maximum atomic E-state index is 13.0. The highest BCUT2D eigenvalue weighted by Gasteiger charge is 2.30. The molecule has 11 nitrogen and oxygen atoms in total. The van der Waals surface area contributed by atoms with Crippen LogP contribution in [0.15, 0.2) is 0 Å². The number of hydrogen-bond acceptors (Lipinski definition) is 8. The summed E-state index contributed by atoms with van der Waals surface area (Å²) in [6, 6.07) is -4.20. The molecule has 0 aliphatic carbocycles. The van der Waals surface area contributed by atoms with Crippen LogP contribution in [0.2, 0.25) is 0 Å². The maximum absolute atomic E-state index is 13.0. The van der Waals surface area contributed by atoms with Gasteiger partial charge in [-0.05, 0) is 50.2 Å². The molecule has 0 saturated heterocycles. The Labute approximate surface area is 193 Å². The van der Waals surface area contributed by atoms with Gasteiger partial charge in [0.15, 0.2) is 0 Å². The third-order valence-corrected chi connectivity index (χ3v) is 5.82. The van der Waals surface area contributed by atoms with Crippen molar-refractivity contribution in [2.45, 2.75) is 70.1 Å². The SMILES string of the molecule is CCC(C)C(N)C(=O)NC(CCCCN)C(=O)NC(CCSC)C(=O)NC(CO)C(=O)O. The van der Waals surface area contributed by atoms with Crippen LogP contribution >= 0.6 is 11.8 Å². The smallest absolute Gasteiger partial charge is 0.328 e. The molecule has 3 amide bonds. The lowest BCUT2D eigenvalue weighted by atomic mass is 9.98. The van der Waals surface area contributed by atoms with Gasteiger partial charge in [-0.25, -0.2) is 4.79 Å². The molecule has 0 radical (unpaired) electrons. The van der Waals surface area contributed by atoms with Crippen molar-refractivity contribution in [1.82, 2.24) is 16.0 Å². The van der Waals surface area contributed by atoms with Crippen molar-refractivity contribution in [1.29, 1.82) is 0 Å². The van der Waals surface area contributed by atoms with Crippen molar-refractivity contribution in [2.24, 2.45) is 17.4 Å². The first-order valence-electron chi connectivity index (χ1n) is 10.8. The summed E-state index contributed by atoms with van der Waals surface area (Å²) in [5.41, 5.74) is 11.5. The van der Waals surface area contributed by atoms with E-state index >= 15 is 0 Å². The lowest BCUT2D eigenvalue weighted by molar-refractivity contribution is -0.143. The quantitative estimate of drug-likeness (QED) is 0.125. The number of carboxylic acids is 1. The van der Waals surface area contributed by atoms with Crippen LogP contribution in [-0.2, 0) is 19.2 Å². The molecule has 0 bridgehead atoms. The molecule has 0 heterocycles. The highest BCUT2D eigenvalue weighted by Crippen LogP contribution is 2.09. The predicted molar refractivity (Wildman–Crippen MR) is 124 cm³/mol. The summed E-state index contributed by atoms with van der Waals surface area (Å²) in [5.74, 6) is -2.68. The number of carboxylic acid groups (broad SMARTS) is 1. The summed E-state index contributed by atoms with van der Waals surface area (Å²) in [6.07, 6.45) is 4.33. The second-order valence-electron chi connectivity index (χ2n) is 7.68. The fraction of sp³-hybridized carbons (Fsp3) is 0.800. The van der Waals surface area contributed by atoms with Crippen LogP contribution in [0.25, 0.3) is 0 Å². The Hall–Kier alpha value is -1.89. The van der Waals surface area contributed by atoms with Crippen molar-refractivity contribution in [3.8, 4) is 0 Å². The first-order chi connectivity index (χ1) is 15.1. The van der Waals surface area contributed by atoms with E-state index in [2.05, 4.69) is 16.0 Å². The number of thioether (sulfide) groups is 1. The molecule has 5 atom stereocenters. The minimum absolute atomic E-state index is 0.0747. The molecule has 32 heavy (non-hydrogen) atoms. The van der Waals surface area contributed by atoms with E-state index in [-0.39, 0.29) is 12.3 Å². The second kappa shape index (κ2) is 16.7. The molecule has 0 aliphatic heterocycles. The highest BCUT2D eigenvalue weighted by atomic mass is 32.2. The first-order valence-corrected chi connectivity index (χ1v) is 12.2. The Balaban J connectivity index is 5.40. The van der Waals surface area contributed by atoms with Crippen molar-refractivity contribution in [3.63, 3.8) is 0 Å². The van der Waals surface area contributed by atoms with Gasteiger partial charge in [-0.15, -0.1) is 0 Å². The molecule has 0 aliphatic rings. The van der Waals surface area contributed by atoms with Gasteiger partial charge in [0.25, 0.3) is 0 Å². The van der Waals surface area contributed by atoms with Gasteiger partial charge in [0.1, 0.15) is 18.1 Å². The Morgan fingerprint density at radius 1 is 0.938 bits per heavy atom.